The fourth-order valence-corrected chi connectivity index (χ4v) is 2.00. The molecule has 0 fully saturated rings. The van der Waals surface area contributed by atoms with Crippen LogP contribution in [0, 0.1) is 0 Å². The van der Waals surface area contributed by atoms with Crippen LogP contribution in [0.4, 0.5) is 0 Å². The van der Waals surface area contributed by atoms with E-state index in [0.717, 1.165) is 18.6 Å². The quantitative estimate of drug-likeness (QED) is 0.758. The monoisotopic (exact) mass is 254 g/mol. The third-order valence-corrected chi connectivity index (χ3v) is 2.96. The van der Waals surface area contributed by atoms with Gasteiger partial charge in [0.25, 0.3) is 0 Å². The van der Waals surface area contributed by atoms with Crippen LogP contribution in [-0.4, -0.2) is 17.2 Å². The smallest absolute Gasteiger partial charge is 0.183 e. The number of fused-ring (bicyclic) bond motifs is 1. The van der Waals surface area contributed by atoms with Gasteiger partial charge in [0.05, 0.1) is 5.33 Å². The van der Waals surface area contributed by atoms with Crippen molar-refractivity contribution in [3.05, 3.63) is 29.8 Å². The summed E-state index contributed by atoms with van der Waals surface area (Å²) in [6.07, 6.45) is 1.46. The van der Waals surface area contributed by atoms with Gasteiger partial charge in [-0.05, 0) is 24.5 Å². The van der Waals surface area contributed by atoms with Gasteiger partial charge in [-0.3, -0.25) is 4.79 Å². The Morgan fingerprint density at radius 3 is 3.07 bits per heavy atom. The van der Waals surface area contributed by atoms with Crippen molar-refractivity contribution in [3.8, 4) is 5.75 Å². The van der Waals surface area contributed by atoms with Crippen LogP contribution >= 0.6 is 15.9 Å². The molecule has 0 amide bonds. The van der Waals surface area contributed by atoms with E-state index in [1.54, 1.807) is 0 Å². The Morgan fingerprint density at radius 2 is 2.29 bits per heavy atom. The molecule has 14 heavy (non-hydrogen) atoms. The summed E-state index contributed by atoms with van der Waals surface area (Å²) in [6.45, 7) is 0. The summed E-state index contributed by atoms with van der Waals surface area (Å²) in [5, 5.41) is 0.375. The highest BCUT2D eigenvalue weighted by atomic mass is 79.9. The molecule has 1 atom stereocenters. The van der Waals surface area contributed by atoms with Gasteiger partial charge in [0.2, 0.25) is 0 Å². The Balaban J connectivity index is 2.17. The van der Waals surface area contributed by atoms with Gasteiger partial charge in [-0.25, -0.2) is 0 Å². The van der Waals surface area contributed by atoms with Crippen LogP contribution in [-0.2, 0) is 11.2 Å². The molecule has 1 aromatic carbocycles. The van der Waals surface area contributed by atoms with E-state index >= 15 is 0 Å². The highest BCUT2D eigenvalue weighted by Gasteiger charge is 2.24. The standard InChI is InChI=1S/C11H11BrO2/c12-7-9(13)11-6-5-8-3-1-2-4-10(8)14-11/h1-4,11H,5-7H2. The lowest BCUT2D eigenvalue weighted by atomic mass is 10.0. The zero-order chi connectivity index (χ0) is 9.97. The molecule has 0 radical (unpaired) electrons. The molecule has 74 valence electrons. The van der Waals surface area contributed by atoms with Crippen molar-refractivity contribution in [1.29, 1.82) is 0 Å². The Bertz CT molecular complexity index is 349. The largest absolute Gasteiger partial charge is 0.482 e. The van der Waals surface area contributed by atoms with Crippen LogP contribution in [0.5, 0.6) is 5.75 Å². The van der Waals surface area contributed by atoms with E-state index in [0.29, 0.717) is 5.33 Å². The Kier molecular flexibility index (Phi) is 2.87. The molecular formula is C11H11BrO2. The van der Waals surface area contributed by atoms with Crippen molar-refractivity contribution in [1.82, 2.24) is 0 Å². The Hall–Kier alpha value is -0.830. The molecule has 1 aliphatic heterocycles. The normalized spacial score (nSPS) is 19.6. The first kappa shape index (κ1) is 9.71. The predicted molar refractivity (Wildman–Crippen MR) is 58.0 cm³/mol. The van der Waals surface area contributed by atoms with Crippen LogP contribution in [0.3, 0.4) is 0 Å². The molecule has 0 saturated carbocycles. The summed E-state index contributed by atoms with van der Waals surface area (Å²) in [5.74, 6) is 0.984. The van der Waals surface area contributed by atoms with Crippen molar-refractivity contribution in [2.45, 2.75) is 18.9 Å². The average molecular weight is 255 g/mol. The zero-order valence-corrected chi connectivity index (χ0v) is 9.29. The minimum atomic E-state index is -0.260. The first-order valence-corrected chi connectivity index (χ1v) is 5.76. The summed E-state index contributed by atoms with van der Waals surface area (Å²) >= 11 is 3.16. The van der Waals surface area contributed by atoms with E-state index in [2.05, 4.69) is 15.9 Å². The topological polar surface area (TPSA) is 26.3 Å². The van der Waals surface area contributed by atoms with Crippen LogP contribution in [0.15, 0.2) is 24.3 Å². The average Bonchev–Trinajstić information content (AvgIpc) is 2.27. The summed E-state index contributed by atoms with van der Waals surface area (Å²) in [5.41, 5.74) is 1.20. The van der Waals surface area contributed by atoms with Gasteiger partial charge in [-0.2, -0.15) is 0 Å². The van der Waals surface area contributed by atoms with Gasteiger partial charge in [0.1, 0.15) is 5.75 Å². The van der Waals surface area contributed by atoms with Crippen molar-refractivity contribution in [2.24, 2.45) is 0 Å². The molecule has 0 aromatic heterocycles. The molecule has 0 N–H and O–H groups in total. The van der Waals surface area contributed by atoms with Crippen molar-refractivity contribution in [3.63, 3.8) is 0 Å². The maximum absolute atomic E-state index is 11.4. The maximum atomic E-state index is 11.4. The Morgan fingerprint density at radius 1 is 1.50 bits per heavy atom. The molecule has 2 rings (SSSR count). The number of ketones is 1. The van der Waals surface area contributed by atoms with Crippen molar-refractivity contribution >= 4 is 21.7 Å². The van der Waals surface area contributed by atoms with Gasteiger partial charge in [-0.15, -0.1) is 0 Å². The highest BCUT2D eigenvalue weighted by molar-refractivity contribution is 9.09. The van der Waals surface area contributed by atoms with Gasteiger partial charge in [0, 0.05) is 0 Å². The molecule has 1 aromatic rings. The number of rotatable bonds is 2. The minimum Gasteiger partial charge on any atom is -0.482 e. The summed E-state index contributed by atoms with van der Waals surface area (Å²) in [7, 11) is 0. The van der Waals surface area contributed by atoms with E-state index < -0.39 is 0 Å². The molecule has 1 heterocycles. The number of carbonyl (C=O) groups is 1. The zero-order valence-electron chi connectivity index (χ0n) is 7.70. The number of hydrogen-bond acceptors (Lipinski definition) is 2. The summed E-state index contributed by atoms with van der Waals surface area (Å²) in [4.78, 5) is 11.4. The number of ether oxygens (including phenoxy) is 1. The highest BCUT2D eigenvalue weighted by Crippen LogP contribution is 2.27. The number of aryl methyl sites for hydroxylation is 1. The summed E-state index contributed by atoms with van der Waals surface area (Å²) < 4.78 is 5.61. The van der Waals surface area contributed by atoms with Gasteiger partial charge >= 0.3 is 0 Å². The number of alkyl halides is 1. The molecule has 0 spiro atoms. The van der Waals surface area contributed by atoms with Crippen molar-refractivity contribution < 1.29 is 9.53 Å². The van der Waals surface area contributed by atoms with E-state index in [-0.39, 0.29) is 11.9 Å². The molecule has 0 aliphatic carbocycles. The number of hydrogen-bond donors (Lipinski definition) is 0. The fraction of sp³-hybridized carbons (Fsp3) is 0.364. The van der Waals surface area contributed by atoms with E-state index in [1.165, 1.54) is 5.56 Å². The lowest BCUT2D eigenvalue weighted by molar-refractivity contribution is -0.123. The van der Waals surface area contributed by atoms with Crippen LogP contribution in [0.25, 0.3) is 0 Å². The molecule has 0 saturated heterocycles. The van der Waals surface area contributed by atoms with Crippen LogP contribution < -0.4 is 4.74 Å². The third kappa shape index (κ3) is 1.82. The second-order valence-electron chi connectivity index (χ2n) is 3.35. The second-order valence-corrected chi connectivity index (χ2v) is 3.91. The van der Waals surface area contributed by atoms with Gasteiger partial charge in [0.15, 0.2) is 11.9 Å². The second kappa shape index (κ2) is 4.13. The number of carbonyl (C=O) groups excluding carboxylic acids is 1. The molecule has 0 bridgehead atoms. The van der Waals surface area contributed by atoms with E-state index in [1.807, 2.05) is 24.3 Å². The van der Waals surface area contributed by atoms with Crippen LogP contribution in [0.1, 0.15) is 12.0 Å². The number of benzene rings is 1. The molecule has 2 nitrogen and oxygen atoms in total. The molecule has 1 unspecified atom stereocenters. The van der Waals surface area contributed by atoms with E-state index in [9.17, 15) is 4.79 Å². The van der Waals surface area contributed by atoms with Gasteiger partial charge in [-0.1, -0.05) is 34.1 Å². The Labute approximate surface area is 91.4 Å². The first-order chi connectivity index (χ1) is 6.81. The fourth-order valence-electron chi connectivity index (χ4n) is 1.64. The summed E-state index contributed by atoms with van der Waals surface area (Å²) in [6, 6.07) is 7.89. The lowest BCUT2D eigenvalue weighted by Gasteiger charge is -2.24. The van der Waals surface area contributed by atoms with E-state index in [4.69, 9.17) is 4.74 Å². The molecule has 3 heteroatoms. The first-order valence-electron chi connectivity index (χ1n) is 4.64. The number of halogens is 1. The van der Waals surface area contributed by atoms with Gasteiger partial charge < -0.3 is 4.74 Å². The third-order valence-electron chi connectivity index (χ3n) is 2.41. The molecule has 1 aliphatic rings. The van der Waals surface area contributed by atoms with Crippen LogP contribution in [0.2, 0.25) is 0 Å². The number of Topliss-reactive ketones (excluding diaryl/α,β-unsaturated/α-hetero) is 1. The number of para-hydroxylation sites is 1. The van der Waals surface area contributed by atoms with Crippen molar-refractivity contribution in [2.75, 3.05) is 5.33 Å². The SMILES string of the molecule is O=C(CBr)C1CCc2ccccc2O1. The minimum absolute atomic E-state index is 0.125. The lowest BCUT2D eigenvalue weighted by Crippen LogP contribution is -2.31. The molecular weight excluding hydrogens is 244 g/mol. The predicted octanol–water partition coefficient (Wildman–Crippen LogP) is 2.34. The maximum Gasteiger partial charge on any atom is 0.183 e.